The lowest BCUT2D eigenvalue weighted by molar-refractivity contribution is -0.137. The van der Waals surface area contributed by atoms with Crippen molar-refractivity contribution in [3.05, 3.63) is 71.2 Å². The third-order valence-electron chi connectivity index (χ3n) is 3.43. The van der Waals surface area contributed by atoms with Crippen LogP contribution >= 0.6 is 11.3 Å². The lowest BCUT2D eigenvalue weighted by atomic mass is 10.1. The quantitative estimate of drug-likeness (QED) is 0.412. The van der Waals surface area contributed by atoms with Gasteiger partial charge in [-0.05, 0) is 36.8 Å². The fraction of sp³-hybridized carbons (Fsp3) is 0.111. The summed E-state index contributed by atoms with van der Waals surface area (Å²) >= 11 is 1.28. The maximum absolute atomic E-state index is 12.9. The highest BCUT2D eigenvalue weighted by Gasteiger charge is 2.30. The first kappa shape index (κ1) is 17.3. The molecule has 0 atom stereocenters. The van der Waals surface area contributed by atoms with E-state index in [2.05, 4.69) is 9.98 Å². The first-order valence-electron chi connectivity index (χ1n) is 7.27. The molecule has 1 aromatic heterocycles. The van der Waals surface area contributed by atoms with Crippen LogP contribution in [-0.4, -0.2) is 11.2 Å². The Morgan fingerprint density at radius 3 is 2.24 bits per heavy atom. The van der Waals surface area contributed by atoms with E-state index in [0.717, 1.165) is 17.7 Å². The van der Waals surface area contributed by atoms with Gasteiger partial charge in [0.25, 0.3) is 0 Å². The van der Waals surface area contributed by atoms with Crippen LogP contribution in [-0.2, 0) is 6.18 Å². The van der Waals surface area contributed by atoms with E-state index in [4.69, 9.17) is 0 Å². The summed E-state index contributed by atoms with van der Waals surface area (Å²) in [5.74, 6) is -0.323. The zero-order chi connectivity index (χ0) is 18.0. The van der Waals surface area contributed by atoms with Crippen LogP contribution < -0.4 is 0 Å². The molecule has 1 heterocycles. The van der Waals surface area contributed by atoms with Gasteiger partial charge in [-0.15, -0.1) is 0 Å². The SMILES string of the molecule is Cc1nc(-c2ccc(C(F)(F)F)cc2)sc1N=Cc1ccc(F)cc1. The molecule has 0 aliphatic carbocycles. The summed E-state index contributed by atoms with van der Waals surface area (Å²) in [5, 5.41) is 1.25. The van der Waals surface area contributed by atoms with Crippen LogP contribution in [0.25, 0.3) is 10.6 Å². The first-order chi connectivity index (χ1) is 11.8. The van der Waals surface area contributed by atoms with E-state index >= 15 is 0 Å². The molecular weight excluding hydrogens is 352 g/mol. The van der Waals surface area contributed by atoms with Crippen molar-refractivity contribution in [2.45, 2.75) is 13.1 Å². The Labute approximate surface area is 145 Å². The molecule has 0 saturated carbocycles. The van der Waals surface area contributed by atoms with E-state index in [-0.39, 0.29) is 5.82 Å². The molecule has 2 nitrogen and oxygen atoms in total. The van der Waals surface area contributed by atoms with Gasteiger partial charge in [0.1, 0.15) is 15.8 Å². The number of aliphatic imine (C=N–C) groups is 1. The van der Waals surface area contributed by atoms with E-state index in [1.807, 2.05) is 0 Å². The minimum atomic E-state index is -4.36. The lowest BCUT2D eigenvalue weighted by Crippen LogP contribution is -2.03. The number of hydrogen-bond donors (Lipinski definition) is 0. The van der Waals surface area contributed by atoms with Gasteiger partial charge in [-0.2, -0.15) is 13.2 Å². The van der Waals surface area contributed by atoms with Crippen molar-refractivity contribution in [3.63, 3.8) is 0 Å². The summed E-state index contributed by atoms with van der Waals surface area (Å²) in [5.41, 5.74) is 1.33. The second-order valence-electron chi connectivity index (χ2n) is 5.29. The third kappa shape index (κ3) is 4.11. The van der Waals surface area contributed by atoms with E-state index in [1.54, 1.807) is 25.3 Å². The summed E-state index contributed by atoms with van der Waals surface area (Å²) in [6.45, 7) is 1.78. The van der Waals surface area contributed by atoms with Gasteiger partial charge in [0, 0.05) is 11.8 Å². The summed E-state index contributed by atoms with van der Waals surface area (Å²) in [4.78, 5) is 8.70. The molecule has 0 fully saturated rings. The van der Waals surface area contributed by atoms with Gasteiger partial charge < -0.3 is 0 Å². The Kier molecular flexibility index (Phi) is 4.67. The average molecular weight is 364 g/mol. The molecule has 0 saturated heterocycles. The predicted octanol–water partition coefficient (Wildman–Crippen LogP) is 6.03. The van der Waals surface area contributed by atoms with Gasteiger partial charge in [-0.3, -0.25) is 0 Å². The molecule has 0 amide bonds. The third-order valence-corrected chi connectivity index (χ3v) is 4.55. The van der Waals surface area contributed by atoms with E-state index in [9.17, 15) is 17.6 Å². The van der Waals surface area contributed by atoms with E-state index in [1.165, 1.54) is 35.6 Å². The minimum Gasteiger partial charge on any atom is -0.243 e. The first-order valence-corrected chi connectivity index (χ1v) is 8.09. The number of benzene rings is 2. The van der Waals surface area contributed by atoms with Crippen LogP contribution in [0.2, 0.25) is 0 Å². The molecule has 2 aromatic carbocycles. The Bertz CT molecular complexity index is 894. The Morgan fingerprint density at radius 2 is 1.64 bits per heavy atom. The molecule has 0 spiro atoms. The van der Waals surface area contributed by atoms with Gasteiger partial charge in [0.15, 0.2) is 0 Å². The molecule has 0 unspecified atom stereocenters. The lowest BCUT2D eigenvalue weighted by Gasteiger charge is -2.06. The van der Waals surface area contributed by atoms with Crippen molar-refractivity contribution in [2.75, 3.05) is 0 Å². The van der Waals surface area contributed by atoms with Crippen molar-refractivity contribution in [1.82, 2.24) is 4.98 Å². The highest BCUT2D eigenvalue weighted by atomic mass is 32.1. The number of nitrogens with zero attached hydrogens (tertiary/aromatic N) is 2. The van der Waals surface area contributed by atoms with E-state index < -0.39 is 11.7 Å². The van der Waals surface area contributed by atoms with Crippen LogP contribution in [0.15, 0.2) is 53.5 Å². The molecule has 128 valence electrons. The van der Waals surface area contributed by atoms with Crippen LogP contribution in [0.1, 0.15) is 16.8 Å². The van der Waals surface area contributed by atoms with Gasteiger partial charge in [0.2, 0.25) is 0 Å². The Hall–Kier alpha value is -2.54. The van der Waals surface area contributed by atoms with Crippen molar-refractivity contribution in [1.29, 1.82) is 0 Å². The highest BCUT2D eigenvalue weighted by molar-refractivity contribution is 7.18. The van der Waals surface area contributed by atoms with Gasteiger partial charge >= 0.3 is 6.18 Å². The molecule has 25 heavy (non-hydrogen) atoms. The van der Waals surface area contributed by atoms with Crippen LogP contribution in [0.5, 0.6) is 0 Å². The fourth-order valence-corrected chi connectivity index (χ4v) is 3.03. The predicted molar refractivity (Wildman–Crippen MR) is 90.9 cm³/mol. The molecular formula is C18H12F4N2S. The van der Waals surface area contributed by atoms with Crippen molar-refractivity contribution in [2.24, 2.45) is 4.99 Å². The van der Waals surface area contributed by atoms with Gasteiger partial charge in [-0.25, -0.2) is 14.4 Å². The van der Waals surface area contributed by atoms with Crippen molar-refractivity contribution < 1.29 is 17.6 Å². The zero-order valence-corrected chi connectivity index (χ0v) is 13.8. The fourth-order valence-electron chi connectivity index (χ4n) is 2.12. The van der Waals surface area contributed by atoms with Crippen molar-refractivity contribution >= 4 is 22.6 Å². The minimum absolute atomic E-state index is 0.323. The maximum Gasteiger partial charge on any atom is 0.416 e. The summed E-state index contributed by atoms with van der Waals surface area (Å²) in [7, 11) is 0. The summed E-state index contributed by atoms with van der Waals surface area (Å²) in [6, 6.07) is 10.8. The molecule has 3 rings (SSSR count). The second-order valence-corrected chi connectivity index (χ2v) is 6.27. The van der Waals surface area contributed by atoms with E-state index in [0.29, 0.717) is 21.3 Å². The normalized spacial score (nSPS) is 12.0. The molecule has 7 heteroatoms. The van der Waals surface area contributed by atoms with Crippen LogP contribution in [0.4, 0.5) is 22.6 Å². The monoisotopic (exact) mass is 364 g/mol. The Morgan fingerprint density at radius 1 is 1.00 bits per heavy atom. The topological polar surface area (TPSA) is 25.2 Å². The summed E-state index contributed by atoms with van der Waals surface area (Å²) in [6.07, 6.45) is -2.77. The molecule has 0 bridgehead atoms. The number of thiazole rings is 1. The zero-order valence-electron chi connectivity index (χ0n) is 13.0. The summed E-state index contributed by atoms with van der Waals surface area (Å²) < 4.78 is 50.7. The maximum atomic E-state index is 12.9. The number of rotatable bonds is 3. The number of alkyl halides is 3. The number of aromatic nitrogens is 1. The molecule has 0 N–H and O–H groups in total. The van der Waals surface area contributed by atoms with Gasteiger partial charge in [-0.1, -0.05) is 35.6 Å². The van der Waals surface area contributed by atoms with Gasteiger partial charge in [0.05, 0.1) is 11.3 Å². The number of aryl methyl sites for hydroxylation is 1. The van der Waals surface area contributed by atoms with Crippen molar-refractivity contribution in [3.8, 4) is 10.6 Å². The molecule has 3 aromatic rings. The number of halogens is 4. The Balaban J connectivity index is 1.83. The largest absolute Gasteiger partial charge is 0.416 e. The molecule has 0 aliphatic rings. The molecule has 0 aliphatic heterocycles. The standard InChI is InChI=1S/C18H12F4N2S/c1-11-16(23-10-12-2-8-15(19)9-3-12)25-17(24-11)13-4-6-14(7-5-13)18(20,21)22/h2-10H,1H3. The van der Waals surface area contributed by atoms with Crippen LogP contribution in [0, 0.1) is 12.7 Å². The average Bonchev–Trinajstić information content (AvgIpc) is 2.95. The second kappa shape index (κ2) is 6.76. The molecule has 0 radical (unpaired) electrons. The number of hydrogen-bond acceptors (Lipinski definition) is 3. The smallest absolute Gasteiger partial charge is 0.243 e. The highest BCUT2D eigenvalue weighted by Crippen LogP contribution is 2.35. The van der Waals surface area contributed by atoms with Crippen LogP contribution in [0.3, 0.4) is 0 Å².